The van der Waals surface area contributed by atoms with E-state index in [0.717, 1.165) is 50.8 Å². The molecule has 4 heterocycles. The van der Waals surface area contributed by atoms with Crippen LogP contribution < -0.4 is 15.5 Å². The lowest BCUT2D eigenvalue weighted by Gasteiger charge is -2.32. The third-order valence-corrected chi connectivity index (χ3v) is 7.25. The van der Waals surface area contributed by atoms with Gasteiger partial charge >= 0.3 is 0 Å². The second-order valence-corrected chi connectivity index (χ2v) is 10.3. The van der Waals surface area contributed by atoms with Crippen molar-refractivity contribution in [3.63, 3.8) is 0 Å². The molecule has 190 valence electrons. The molecule has 5 rings (SSSR count). The Bertz CT molecular complexity index is 1160. The van der Waals surface area contributed by atoms with Gasteiger partial charge in [0.1, 0.15) is 11.6 Å². The van der Waals surface area contributed by atoms with E-state index in [2.05, 4.69) is 40.8 Å². The van der Waals surface area contributed by atoms with E-state index in [1.54, 1.807) is 6.20 Å². The molecule has 2 aliphatic rings. The zero-order chi connectivity index (χ0) is 24.9. The van der Waals surface area contributed by atoms with Crippen LogP contribution in [0.3, 0.4) is 0 Å². The van der Waals surface area contributed by atoms with E-state index < -0.39 is 11.6 Å². The first-order chi connectivity index (χ1) is 17.5. The van der Waals surface area contributed by atoms with Crippen molar-refractivity contribution in [3.05, 3.63) is 53.7 Å². The minimum absolute atomic E-state index is 0.101. The van der Waals surface area contributed by atoms with E-state index in [-0.39, 0.29) is 17.9 Å². The highest BCUT2D eigenvalue weighted by atomic mass is 32.1. The maximum atomic E-state index is 13.5. The summed E-state index contributed by atoms with van der Waals surface area (Å²) >= 11 is 1.32. The number of carbonyl (C=O) groups excluding carboxylic acids is 1. The molecule has 0 saturated carbocycles. The Kier molecular flexibility index (Phi) is 7.61. The normalized spacial score (nSPS) is 20.4. The highest BCUT2D eigenvalue weighted by molar-refractivity contribution is 7.19. The van der Waals surface area contributed by atoms with Crippen molar-refractivity contribution in [2.45, 2.75) is 38.3 Å². The number of halogens is 2. The number of nitrogens with one attached hydrogen (secondary N) is 2. The van der Waals surface area contributed by atoms with Gasteiger partial charge in [-0.25, -0.2) is 8.78 Å². The van der Waals surface area contributed by atoms with Crippen molar-refractivity contribution in [2.24, 2.45) is 5.92 Å². The van der Waals surface area contributed by atoms with Crippen LogP contribution in [0.5, 0.6) is 0 Å². The van der Waals surface area contributed by atoms with Gasteiger partial charge in [-0.1, -0.05) is 11.3 Å². The smallest absolute Gasteiger partial charge is 0.226 e. The summed E-state index contributed by atoms with van der Waals surface area (Å²) in [5, 5.41) is 23.8. The van der Waals surface area contributed by atoms with Crippen molar-refractivity contribution in [1.29, 1.82) is 0 Å². The van der Waals surface area contributed by atoms with Gasteiger partial charge in [0.2, 0.25) is 16.2 Å². The van der Waals surface area contributed by atoms with Crippen LogP contribution in [0.1, 0.15) is 31.2 Å². The number of amides is 1. The molecular weight excluding hydrogens is 486 g/mol. The summed E-state index contributed by atoms with van der Waals surface area (Å²) in [7, 11) is 0. The van der Waals surface area contributed by atoms with Crippen LogP contribution in [-0.4, -0.2) is 63.4 Å². The summed E-state index contributed by atoms with van der Waals surface area (Å²) in [6, 6.07) is 7.63. The number of hydrogen-bond acceptors (Lipinski definition) is 9. The van der Waals surface area contributed by atoms with Crippen LogP contribution >= 0.6 is 11.3 Å². The summed E-state index contributed by atoms with van der Waals surface area (Å²) in [6.07, 6.45) is 4.85. The van der Waals surface area contributed by atoms with Crippen LogP contribution in [0, 0.1) is 17.6 Å². The predicted molar refractivity (Wildman–Crippen MR) is 134 cm³/mol. The van der Waals surface area contributed by atoms with Gasteiger partial charge in [-0.15, -0.1) is 15.3 Å². The molecule has 2 aromatic heterocycles. The highest BCUT2D eigenvalue weighted by Crippen LogP contribution is 2.26. The molecule has 0 aliphatic carbocycles. The number of aromatic nitrogens is 4. The number of anilines is 3. The summed E-state index contributed by atoms with van der Waals surface area (Å²) in [5.41, 5.74) is 0.605. The molecule has 0 radical (unpaired) electrons. The van der Waals surface area contributed by atoms with Crippen molar-refractivity contribution in [2.75, 3.05) is 41.7 Å². The number of likely N-dealkylation sites (tertiary alicyclic amines) is 1. The first-order valence-electron chi connectivity index (χ1n) is 12.1. The average Bonchev–Trinajstić information content (AvgIpc) is 3.49. The van der Waals surface area contributed by atoms with Crippen LogP contribution in [0.25, 0.3) is 0 Å². The SMILES string of the molecule is O=C(C[C@@H]1CCCN(Cc2cc(F)cc(F)c2)C1)Nc1nnc(N[C@@H]2CCN(c3cccnn3)C2)s1. The van der Waals surface area contributed by atoms with Gasteiger partial charge in [-0.2, -0.15) is 5.10 Å². The molecular formula is C24H28F2N8OS. The second kappa shape index (κ2) is 11.2. The average molecular weight is 515 g/mol. The molecule has 2 N–H and O–H groups in total. The van der Waals surface area contributed by atoms with Gasteiger partial charge < -0.3 is 15.5 Å². The van der Waals surface area contributed by atoms with E-state index in [4.69, 9.17) is 0 Å². The zero-order valence-corrected chi connectivity index (χ0v) is 20.6. The van der Waals surface area contributed by atoms with E-state index in [1.807, 2.05) is 12.1 Å². The predicted octanol–water partition coefficient (Wildman–Crippen LogP) is 3.54. The van der Waals surface area contributed by atoms with Crippen molar-refractivity contribution < 1.29 is 13.6 Å². The largest absolute Gasteiger partial charge is 0.355 e. The fourth-order valence-corrected chi connectivity index (χ4v) is 5.65. The maximum Gasteiger partial charge on any atom is 0.226 e. The van der Waals surface area contributed by atoms with Crippen molar-refractivity contribution in [3.8, 4) is 0 Å². The molecule has 0 bridgehead atoms. The summed E-state index contributed by atoms with van der Waals surface area (Å²) in [5.74, 6) is -0.208. The molecule has 9 nitrogen and oxygen atoms in total. The number of piperidine rings is 1. The van der Waals surface area contributed by atoms with Crippen LogP contribution in [0.4, 0.5) is 24.9 Å². The summed E-state index contributed by atoms with van der Waals surface area (Å²) in [4.78, 5) is 17.0. The first kappa shape index (κ1) is 24.4. The molecule has 2 saturated heterocycles. The highest BCUT2D eigenvalue weighted by Gasteiger charge is 2.25. The Balaban J connectivity index is 1.08. The van der Waals surface area contributed by atoms with Gasteiger partial charge in [-0.05, 0) is 61.6 Å². The topological polar surface area (TPSA) is 99.2 Å². The van der Waals surface area contributed by atoms with E-state index in [0.29, 0.717) is 35.3 Å². The van der Waals surface area contributed by atoms with Gasteiger partial charge in [0.05, 0.1) is 0 Å². The quantitative estimate of drug-likeness (QED) is 0.471. The van der Waals surface area contributed by atoms with E-state index in [1.165, 1.54) is 23.5 Å². The van der Waals surface area contributed by atoms with Crippen LogP contribution in [0.15, 0.2) is 36.5 Å². The fourth-order valence-electron chi connectivity index (χ4n) is 4.91. The fraction of sp³-hybridized carbons (Fsp3) is 0.458. The molecule has 2 aliphatic heterocycles. The molecule has 2 fully saturated rings. The monoisotopic (exact) mass is 514 g/mol. The van der Waals surface area contributed by atoms with Gasteiger partial charge in [0.25, 0.3) is 0 Å². The first-order valence-corrected chi connectivity index (χ1v) is 12.9. The lowest BCUT2D eigenvalue weighted by molar-refractivity contribution is -0.117. The Morgan fingerprint density at radius 2 is 1.89 bits per heavy atom. The number of carbonyl (C=O) groups is 1. The Labute approximate surface area is 211 Å². The molecule has 36 heavy (non-hydrogen) atoms. The van der Waals surface area contributed by atoms with Crippen molar-refractivity contribution in [1.82, 2.24) is 25.3 Å². The summed E-state index contributed by atoms with van der Waals surface area (Å²) in [6.45, 7) is 3.69. The maximum absolute atomic E-state index is 13.5. The minimum Gasteiger partial charge on any atom is -0.355 e. The molecule has 1 aromatic carbocycles. The third kappa shape index (κ3) is 6.49. The number of benzene rings is 1. The Morgan fingerprint density at radius 1 is 1.06 bits per heavy atom. The zero-order valence-electron chi connectivity index (χ0n) is 19.7. The van der Waals surface area contributed by atoms with Gasteiger partial charge in [-0.3, -0.25) is 9.69 Å². The van der Waals surface area contributed by atoms with Crippen molar-refractivity contribution >= 4 is 33.3 Å². The standard InChI is InChI=1S/C24H28F2N8OS/c25-18-9-17(10-19(26)12-18)14-33-7-2-3-16(13-33)11-22(35)29-24-32-31-23(36-24)28-20-5-8-34(15-20)21-4-1-6-27-30-21/h1,4,6,9-10,12,16,20H,2-3,5,7-8,11,13-15H2,(H,28,31)(H,29,32,35)/t16-,20+/m0/s1. The van der Waals surface area contributed by atoms with E-state index in [9.17, 15) is 13.6 Å². The van der Waals surface area contributed by atoms with Crippen LogP contribution in [-0.2, 0) is 11.3 Å². The summed E-state index contributed by atoms with van der Waals surface area (Å²) < 4.78 is 27.0. The van der Waals surface area contributed by atoms with Gasteiger partial charge in [0, 0.05) is 50.9 Å². The number of rotatable bonds is 8. The molecule has 12 heteroatoms. The lowest BCUT2D eigenvalue weighted by atomic mass is 9.94. The van der Waals surface area contributed by atoms with Crippen LogP contribution in [0.2, 0.25) is 0 Å². The minimum atomic E-state index is -0.570. The Hall–Kier alpha value is -3.25. The number of nitrogens with zero attached hydrogens (tertiary/aromatic N) is 6. The van der Waals surface area contributed by atoms with E-state index >= 15 is 0 Å². The molecule has 2 atom stereocenters. The molecule has 0 spiro atoms. The molecule has 0 unspecified atom stereocenters. The third-order valence-electron chi connectivity index (χ3n) is 6.48. The lowest BCUT2D eigenvalue weighted by Crippen LogP contribution is -2.36. The second-order valence-electron chi connectivity index (χ2n) is 9.34. The number of hydrogen-bond donors (Lipinski definition) is 2. The van der Waals surface area contributed by atoms with Gasteiger partial charge in [0.15, 0.2) is 5.82 Å². The Morgan fingerprint density at radius 3 is 2.69 bits per heavy atom. The molecule has 1 amide bonds. The molecule has 3 aromatic rings.